The van der Waals surface area contributed by atoms with Crippen molar-refractivity contribution in [1.29, 1.82) is 0 Å². The van der Waals surface area contributed by atoms with E-state index in [9.17, 15) is 4.79 Å². The molecule has 14 heavy (non-hydrogen) atoms. The van der Waals surface area contributed by atoms with Crippen LogP contribution in [0.3, 0.4) is 0 Å². The fourth-order valence-corrected chi connectivity index (χ4v) is 2.98. The van der Waals surface area contributed by atoms with Crippen molar-refractivity contribution in [2.75, 3.05) is 0 Å². The molecule has 0 aliphatic heterocycles. The van der Waals surface area contributed by atoms with Gasteiger partial charge in [0.15, 0.2) is 0 Å². The lowest BCUT2D eigenvalue weighted by molar-refractivity contribution is -0.105. The average molecular weight is 190 g/mol. The van der Waals surface area contributed by atoms with E-state index in [1.54, 1.807) is 0 Å². The summed E-state index contributed by atoms with van der Waals surface area (Å²) in [4.78, 5) is 10.5. The topological polar surface area (TPSA) is 17.1 Å². The van der Waals surface area contributed by atoms with Gasteiger partial charge in [0.05, 0.1) is 0 Å². The molecule has 0 radical (unpaired) electrons. The molecule has 0 spiro atoms. The highest BCUT2D eigenvalue weighted by atomic mass is 16.1. The van der Waals surface area contributed by atoms with Crippen molar-refractivity contribution in [2.45, 2.75) is 33.1 Å². The summed E-state index contributed by atoms with van der Waals surface area (Å²) in [6, 6.07) is 0. The molecule has 3 aliphatic carbocycles. The molecule has 0 aromatic rings. The molecule has 3 aliphatic rings. The smallest absolute Gasteiger partial charge is 0.145 e. The fraction of sp³-hybridized carbons (Fsp3) is 0.615. The maximum absolute atomic E-state index is 10.5. The van der Waals surface area contributed by atoms with Gasteiger partial charge in [0, 0.05) is 0 Å². The van der Waals surface area contributed by atoms with Crippen LogP contribution in [0, 0.1) is 17.3 Å². The van der Waals surface area contributed by atoms with Crippen molar-refractivity contribution in [3.05, 3.63) is 23.8 Å². The van der Waals surface area contributed by atoms with Crippen LogP contribution in [0.2, 0.25) is 0 Å². The zero-order valence-corrected chi connectivity index (χ0v) is 9.05. The minimum absolute atomic E-state index is 0.466. The van der Waals surface area contributed by atoms with Crippen LogP contribution < -0.4 is 0 Å². The van der Waals surface area contributed by atoms with E-state index in [0.717, 1.165) is 24.2 Å². The monoisotopic (exact) mass is 190 g/mol. The summed E-state index contributed by atoms with van der Waals surface area (Å²) < 4.78 is 0. The third-order valence-electron chi connectivity index (χ3n) is 4.18. The number of hydrogen-bond donors (Lipinski definition) is 0. The summed E-state index contributed by atoms with van der Waals surface area (Å²) >= 11 is 0. The highest BCUT2D eigenvalue weighted by molar-refractivity contribution is 5.72. The number of fused-ring (bicyclic) bond motifs is 1. The Morgan fingerprint density at radius 1 is 1.71 bits per heavy atom. The van der Waals surface area contributed by atoms with E-state index in [1.807, 2.05) is 0 Å². The van der Waals surface area contributed by atoms with Crippen LogP contribution in [-0.2, 0) is 4.79 Å². The van der Waals surface area contributed by atoms with Gasteiger partial charge in [-0.1, -0.05) is 32.1 Å². The predicted octanol–water partition coefficient (Wildman–Crippen LogP) is 3.12. The van der Waals surface area contributed by atoms with Crippen molar-refractivity contribution in [3.63, 3.8) is 0 Å². The lowest BCUT2D eigenvalue weighted by Gasteiger charge is -2.56. The zero-order chi connectivity index (χ0) is 10.3. The number of aldehydes is 1. The summed E-state index contributed by atoms with van der Waals surface area (Å²) in [5.74, 6) is 1.58. The molecule has 0 N–H and O–H groups in total. The van der Waals surface area contributed by atoms with Gasteiger partial charge in [-0.25, -0.2) is 0 Å². The molecule has 0 aromatic heterocycles. The Kier molecular flexibility index (Phi) is 2.13. The Balaban J connectivity index is 2.11. The van der Waals surface area contributed by atoms with Crippen molar-refractivity contribution < 1.29 is 4.79 Å². The second-order valence-electron chi connectivity index (χ2n) is 5.27. The standard InChI is InChI=1S/C13H18O/c1-9(8-14)6-10-4-5-11-7-12(10)13(11,2)3/h4,8,11-12H,1,5-7H2,2-3H3. The first-order chi connectivity index (χ1) is 6.55. The first kappa shape index (κ1) is 9.70. The zero-order valence-electron chi connectivity index (χ0n) is 9.05. The molecule has 2 bridgehead atoms. The number of rotatable bonds is 3. The van der Waals surface area contributed by atoms with Crippen molar-refractivity contribution >= 4 is 6.29 Å². The van der Waals surface area contributed by atoms with E-state index >= 15 is 0 Å². The predicted molar refractivity (Wildman–Crippen MR) is 57.9 cm³/mol. The molecule has 1 nitrogen and oxygen atoms in total. The number of allylic oxidation sites excluding steroid dienone is 3. The molecule has 1 heteroatoms. The van der Waals surface area contributed by atoms with Crippen molar-refractivity contribution in [2.24, 2.45) is 17.3 Å². The first-order valence-corrected chi connectivity index (χ1v) is 5.37. The molecule has 0 heterocycles. The average Bonchev–Trinajstić information content (AvgIpc) is 2.17. The Labute approximate surface area is 85.9 Å². The maximum atomic E-state index is 10.5. The lowest BCUT2D eigenvalue weighted by Crippen LogP contribution is -2.48. The normalized spacial score (nSPS) is 32.9. The van der Waals surface area contributed by atoms with E-state index < -0.39 is 0 Å². The van der Waals surface area contributed by atoms with E-state index in [1.165, 1.54) is 18.4 Å². The molecule has 1 saturated carbocycles. The van der Waals surface area contributed by atoms with Crippen molar-refractivity contribution in [3.8, 4) is 0 Å². The van der Waals surface area contributed by atoms with Gasteiger partial charge >= 0.3 is 0 Å². The molecule has 2 atom stereocenters. The second kappa shape index (κ2) is 3.08. The third kappa shape index (κ3) is 1.26. The van der Waals surface area contributed by atoms with Crippen LogP contribution in [0.5, 0.6) is 0 Å². The Bertz CT molecular complexity index is 309. The van der Waals surface area contributed by atoms with E-state index in [4.69, 9.17) is 0 Å². The van der Waals surface area contributed by atoms with E-state index in [2.05, 4.69) is 26.5 Å². The van der Waals surface area contributed by atoms with Gasteiger partial charge in [-0.3, -0.25) is 4.79 Å². The fourth-order valence-electron chi connectivity index (χ4n) is 2.98. The minimum Gasteiger partial charge on any atom is -0.298 e. The molecule has 3 rings (SSSR count). The summed E-state index contributed by atoms with van der Waals surface area (Å²) in [5.41, 5.74) is 2.64. The molecular weight excluding hydrogens is 172 g/mol. The highest BCUT2D eigenvalue weighted by Gasteiger charge is 2.50. The lowest BCUT2D eigenvalue weighted by atomic mass is 9.48. The van der Waals surface area contributed by atoms with E-state index in [-0.39, 0.29) is 0 Å². The Morgan fingerprint density at radius 3 is 2.93 bits per heavy atom. The van der Waals surface area contributed by atoms with Crippen LogP contribution >= 0.6 is 0 Å². The van der Waals surface area contributed by atoms with Crippen LogP contribution in [0.15, 0.2) is 23.8 Å². The minimum atomic E-state index is 0.466. The highest BCUT2D eigenvalue weighted by Crippen LogP contribution is 2.59. The van der Waals surface area contributed by atoms with Crippen LogP contribution in [-0.4, -0.2) is 6.29 Å². The van der Waals surface area contributed by atoms with Gasteiger partial charge in [0.1, 0.15) is 6.29 Å². The molecule has 0 saturated heterocycles. The number of carbonyl (C=O) groups excluding carboxylic acids is 1. The summed E-state index contributed by atoms with van der Waals surface area (Å²) in [6.45, 7) is 8.46. The molecule has 0 amide bonds. The van der Waals surface area contributed by atoms with E-state index in [0.29, 0.717) is 11.3 Å². The van der Waals surface area contributed by atoms with Gasteiger partial charge in [0.25, 0.3) is 0 Å². The van der Waals surface area contributed by atoms with Crippen LogP contribution in [0.1, 0.15) is 33.1 Å². The SMILES string of the molecule is C=C(C=O)CC1=CCC2CC1C2(C)C. The van der Waals surface area contributed by atoms with Gasteiger partial charge in [0.2, 0.25) is 0 Å². The van der Waals surface area contributed by atoms with Gasteiger partial charge in [-0.15, -0.1) is 0 Å². The second-order valence-corrected chi connectivity index (χ2v) is 5.27. The molecule has 2 unspecified atom stereocenters. The number of hydrogen-bond acceptors (Lipinski definition) is 1. The largest absolute Gasteiger partial charge is 0.298 e. The van der Waals surface area contributed by atoms with Gasteiger partial charge in [-0.2, -0.15) is 0 Å². The van der Waals surface area contributed by atoms with Crippen molar-refractivity contribution in [1.82, 2.24) is 0 Å². The summed E-state index contributed by atoms with van der Waals surface area (Å²) in [5, 5.41) is 0. The maximum Gasteiger partial charge on any atom is 0.145 e. The van der Waals surface area contributed by atoms with Crippen LogP contribution in [0.4, 0.5) is 0 Å². The molecule has 76 valence electrons. The van der Waals surface area contributed by atoms with Gasteiger partial charge in [-0.05, 0) is 42.1 Å². The first-order valence-electron chi connectivity index (χ1n) is 5.37. The molecule has 0 aromatic carbocycles. The van der Waals surface area contributed by atoms with Gasteiger partial charge < -0.3 is 0 Å². The Morgan fingerprint density at radius 2 is 2.43 bits per heavy atom. The number of carbonyl (C=O) groups is 1. The summed E-state index contributed by atoms with van der Waals surface area (Å²) in [7, 11) is 0. The summed E-state index contributed by atoms with van der Waals surface area (Å²) in [6.07, 6.45) is 6.54. The Hall–Kier alpha value is -0.850. The third-order valence-corrected chi connectivity index (χ3v) is 4.18. The van der Waals surface area contributed by atoms with Crippen LogP contribution in [0.25, 0.3) is 0 Å². The molecular formula is C13H18O. The molecule has 1 fully saturated rings. The quantitative estimate of drug-likeness (QED) is 0.379.